The highest BCUT2D eigenvalue weighted by molar-refractivity contribution is 7.17. The van der Waals surface area contributed by atoms with Gasteiger partial charge in [0.1, 0.15) is 0 Å². The third-order valence-electron chi connectivity index (χ3n) is 5.64. The molecule has 1 amide bonds. The van der Waals surface area contributed by atoms with E-state index in [4.69, 9.17) is 0 Å². The summed E-state index contributed by atoms with van der Waals surface area (Å²) in [5, 5.41) is 2.12. The monoisotopic (exact) mass is 343 g/mol. The number of rotatable bonds is 4. The summed E-state index contributed by atoms with van der Waals surface area (Å²) in [6.45, 7) is 3.08. The van der Waals surface area contributed by atoms with Crippen LogP contribution in [0, 0.1) is 11.8 Å². The van der Waals surface area contributed by atoms with Crippen LogP contribution in [0.2, 0.25) is 0 Å². The summed E-state index contributed by atoms with van der Waals surface area (Å²) in [6.07, 6.45) is 7.67. The van der Waals surface area contributed by atoms with Crippen molar-refractivity contribution in [1.82, 2.24) is 9.88 Å². The lowest BCUT2D eigenvalue weighted by Gasteiger charge is -2.36. The van der Waals surface area contributed by atoms with Crippen molar-refractivity contribution in [1.29, 1.82) is 0 Å². The zero-order valence-corrected chi connectivity index (χ0v) is 15.1. The Kier molecular flexibility index (Phi) is 4.44. The van der Waals surface area contributed by atoms with E-state index >= 15 is 0 Å². The van der Waals surface area contributed by atoms with E-state index in [0.29, 0.717) is 17.7 Å². The lowest BCUT2D eigenvalue weighted by molar-refractivity contribution is -0.137. The van der Waals surface area contributed by atoms with Crippen molar-refractivity contribution in [2.75, 3.05) is 31.6 Å². The molecule has 2 aliphatic rings. The molecule has 2 fully saturated rings. The van der Waals surface area contributed by atoms with Crippen molar-refractivity contribution in [3.05, 3.63) is 23.7 Å². The van der Waals surface area contributed by atoms with Gasteiger partial charge >= 0.3 is 0 Å². The molecule has 0 N–H and O–H groups in total. The highest BCUT2D eigenvalue weighted by Crippen LogP contribution is 2.33. The van der Waals surface area contributed by atoms with Gasteiger partial charge in [-0.25, -0.2) is 0 Å². The molecule has 0 radical (unpaired) electrons. The number of aromatic nitrogens is 1. The van der Waals surface area contributed by atoms with Gasteiger partial charge in [-0.2, -0.15) is 0 Å². The number of piperidine rings is 1. The van der Waals surface area contributed by atoms with Gasteiger partial charge in [0, 0.05) is 38.8 Å². The van der Waals surface area contributed by atoms with Crippen LogP contribution in [0.4, 0.5) is 5.69 Å². The molecule has 1 aliphatic carbocycles. The Morgan fingerprint density at radius 1 is 1.29 bits per heavy atom. The molecule has 5 heteroatoms. The van der Waals surface area contributed by atoms with Crippen LogP contribution in [-0.2, 0) is 4.79 Å². The van der Waals surface area contributed by atoms with Crippen molar-refractivity contribution in [3.63, 3.8) is 0 Å². The van der Waals surface area contributed by atoms with Gasteiger partial charge in [0.25, 0.3) is 0 Å². The van der Waals surface area contributed by atoms with Crippen LogP contribution in [0.1, 0.15) is 32.1 Å². The van der Waals surface area contributed by atoms with E-state index in [2.05, 4.69) is 27.4 Å². The predicted molar refractivity (Wildman–Crippen MR) is 99.5 cm³/mol. The second-order valence-electron chi connectivity index (χ2n) is 7.24. The quantitative estimate of drug-likeness (QED) is 0.848. The minimum atomic E-state index is 0.319. The normalized spacial score (nSPS) is 19.5. The van der Waals surface area contributed by atoms with E-state index in [1.54, 1.807) is 11.3 Å². The lowest BCUT2D eigenvalue weighted by atomic mass is 9.84. The summed E-state index contributed by atoms with van der Waals surface area (Å²) in [7, 11) is 1.99. The molecule has 4 nitrogen and oxygen atoms in total. The van der Waals surface area contributed by atoms with Gasteiger partial charge < -0.3 is 9.80 Å². The van der Waals surface area contributed by atoms with Crippen molar-refractivity contribution >= 4 is 33.1 Å². The average molecular weight is 343 g/mol. The first-order chi connectivity index (χ1) is 11.7. The minimum absolute atomic E-state index is 0.319. The maximum atomic E-state index is 12.3. The highest BCUT2D eigenvalue weighted by atomic mass is 32.1. The zero-order valence-electron chi connectivity index (χ0n) is 14.3. The molecular weight excluding hydrogens is 318 g/mol. The molecular formula is C19H25N3OS. The number of anilines is 1. The van der Waals surface area contributed by atoms with E-state index in [1.807, 2.05) is 18.1 Å². The van der Waals surface area contributed by atoms with E-state index in [-0.39, 0.29) is 0 Å². The number of carbonyl (C=O) groups excluding carboxylic acids is 1. The molecule has 128 valence electrons. The Morgan fingerprint density at radius 2 is 2.08 bits per heavy atom. The van der Waals surface area contributed by atoms with Gasteiger partial charge in [-0.05, 0) is 49.1 Å². The van der Waals surface area contributed by atoms with E-state index < -0.39 is 0 Å². The topological polar surface area (TPSA) is 36.4 Å². The largest absolute Gasteiger partial charge is 0.370 e. The molecule has 0 atom stereocenters. The molecule has 24 heavy (non-hydrogen) atoms. The summed E-state index contributed by atoms with van der Waals surface area (Å²) >= 11 is 1.78. The predicted octanol–water partition coefficient (Wildman–Crippen LogP) is 3.77. The fourth-order valence-corrected chi connectivity index (χ4v) is 4.80. The molecule has 2 aromatic rings. The maximum Gasteiger partial charge on any atom is 0.225 e. The zero-order chi connectivity index (χ0) is 16.5. The number of carbonyl (C=O) groups is 1. The van der Waals surface area contributed by atoms with Gasteiger partial charge in [0.15, 0.2) is 0 Å². The summed E-state index contributed by atoms with van der Waals surface area (Å²) in [6, 6.07) is 4.24. The fourth-order valence-electron chi connectivity index (χ4n) is 3.91. The molecule has 3 heterocycles. The van der Waals surface area contributed by atoms with Crippen molar-refractivity contribution in [2.45, 2.75) is 32.1 Å². The number of amides is 1. The Hall–Kier alpha value is -1.62. The summed E-state index contributed by atoms with van der Waals surface area (Å²) < 4.78 is 1.30. The second-order valence-corrected chi connectivity index (χ2v) is 8.16. The molecule has 0 spiro atoms. The smallest absolute Gasteiger partial charge is 0.225 e. The van der Waals surface area contributed by atoms with E-state index in [9.17, 15) is 4.79 Å². The molecule has 0 bridgehead atoms. The van der Waals surface area contributed by atoms with Gasteiger partial charge in [-0.1, -0.05) is 6.42 Å². The first-order valence-electron chi connectivity index (χ1n) is 9.04. The number of fused-ring (bicyclic) bond motifs is 1. The van der Waals surface area contributed by atoms with E-state index in [1.165, 1.54) is 16.8 Å². The Morgan fingerprint density at radius 3 is 2.79 bits per heavy atom. The summed E-state index contributed by atoms with van der Waals surface area (Å²) in [4.78, 5) is 21.2. The van der Waals surface area contributed by atoms with Crippen LogP contribution in [0.15, 0.2) is 23.7 Å². The minimum Gasteiger partial charge on any atom is -0.370 e. The number of thiophene rings is 1. The summed E-state index contributed by atoms with van der Waals surface area (Å²) in [5.74, 6) is 1.33. The molecule has 1 aliphatic heterocycles. The molecule has 1 saturated carbocycles. The molecule has 2 aromatic heterocycles. The standard InChI is InChI=1S/C19H25N3OS/c1-21(19(23)15-3-2-4-15)13-14-6-10-22(11-7-14)17-5-9-20-16-8-12-24-18(16)17/h5,8-9,12,14-15H,2-4,6-7,10-11,13H2,1H3. The SMILES string of the molecule is CN(CC1CCN(c2ccnc3ccsc23)CC1)C(=O)C1CCC1. The first-order valence-corrected chi connectivity index (χ1v) is 9.92. The summed E-state index contributed by atoms with van der Waals surface area (Å²) in [5.41, 5.74) is 2.43. The number of pyridine rings is 1. The van der Waals surface area contributed by atoms with Crippen LogP contribution >= 0.6 is 11.3 Å². The van der Waals surface area contributed by atoms with Crippen LogP contribution in [0.5, 0.6) is 0 Å². The van der Waals surface area contributed by atoms with E-state index in [0.717, 1.165) is 50.8 Å². The number of nitrogens with zero attached hydrogens (tertiary/aromatic N) is 3. The third-order valence-corrected chi connectivity index (χ3v) is 6.57. The lowest BCUT2D eigenvalue weighted by Crippen LogP contribution is -2.42. The average Bonchev–Trinajstić information content (AvgIpc) is 3.02. The molecule has 1 saturated heterocycles. The number of hydrogen-bond acceptors (Lipinski definition) is 4. The van der Waals surface area contributed by atoms with Crippen molar-refractivity contribution in [2.24, 2.45) is 11.8 Å². The van der Waals surface area contributed by atoms with Gasteiger partial charge in [-0.15, -0.1) is 11.3 Å². The van der Waals surface area contributed by atoms with Gasteiger partial charge in [-0.3, -0.25) is 9.78 Å². The van der Waals surface area contributed by atoms with Crippen molar-refractivity contribution in [3.8, 4) is 0 Å². The Balaban J connectivity index is 1.35. The first kappa shape index (κ1) is 15.9. The Labute approximate surface area is 147 Å². The Bertz CT molecular complexity index is 716. The molecule has 4 rings (SSSR count). The van der Waals surface area contributed by atoms with Crippen LogP contribution in [0.25, 0.3) is 10.2 Å². The fraction of sp³-hybridized carbons (Fsp3) is 0.579. The molecule has 0 unspecified atom stereocenters. The van der Waals surface area contributed by atoms with Crippen LogP contribution in [0.3, 0.4) is 0 Å². The van der Waals surface area contributed by atoms with Crippen molar-refractivity contribution < 1.29 is 4.79 Å². The second kappa shape index (κ2) is 6.71. The van der Waals surface area contributed by atoms with Crippen LogP contribution in [-0.4, -0.2) is 42.5 Å². The van der Waals surface area contributed by atoms with Gasteiger partial charge in [0.05, 0.1) is 15.9 Å². The number of hydrogen-bond donors (Lipinski definition) is 0. The van der Waals surface area contributed by atoms with Crippen LogP contribution < -0.4 is 4.90 Å². The highest BCUT2D eigenvalue weighted by Gasteiger charge is 2.29. The molecule has 0 aromatic carbocycles. The maximum absolute atomic E-state index is 12.3. The third kappa shape index (κ3) is 3.02. The van der Waals surface area contributed by atoms with Gasteiger partial charge in [0.2, 0.25) is 5.91 Å².